The molecule has 41 heavy (non-hydrogen) atoms. The molecule has 0 spiro atoms. The average Bonchev–Trinajstić information content (AvgIpc) is 2.96. The van der Waals surface area contributed by atoms with Gasteiger partial charge in [0.05, 0.1) is 19.1 Å². The maximum atomic E-state index is 11.6. The van der Waals surface area contributed by atoms with E-state index in [-0.39, 0.29) is 27.8 Å². The fourth-order valence-corrected chi connectivity index (χ4v) is 4.88. The van der Waals surface area contributed by atoms with Crippen molar-refractivity contribution >= 4 is 28.7 Å². The maximum absolute atomic E-state index is 11.6. The summed E-state index contributed by atoms with van der Waals surface area (Å²) >= 11 is 6.09. The fraction of sp³-hybridized carbons (Fsp3) is 0.250. The summed E-state index contributed by atoms with van der Waals surface area (Å²) in [5.41, 5.74) is 2.19. The van der Waals surface area contributed by atoms with Crippen molar-refractivity contribution in [3.63, 3.8) is 0 Å². The fourth-order valence-electron chi connectivity index (χ4n) is 4.71. The molecule has 212 valence electrons. The molecule has 0 heterocycles. The Balaban J connectivity index is 1.92. The predicted molar refractivity (Wildman–Crippen MR) is 161 cm³/mol. The van der Waals surface area contributed by atoms with E-state index in [0.717, 1.165) is 28.2 Å². The minimum Gasteiger partial charge on any atom is -0.505 e. The molecule has 0 bridgehead atoms. The quantitative estimate of drug-likeness (QED) is 0.122. The summed E-state index contributed by atoms with van der Waals surface area (Å²) in [5.74, 6) is 1.39. The summed E-state index contributed by atoms with van der Waals surface area (Å²) < 4.78 is 10.7. The lowest BCUT2D eigenvalue weighted by atomic mass is 9.72. The first kappa shape index (κ1) is 29.6. The molecule has 4 rings (SSSR count). The van der Waals surface area contributed by atoms with Crippen LogP contribution < -0.4 is 9.47 Å². The minimum absolute atomic E-state index is 0.0160. The van der Waals surface area contributed by atoms with E-state index in [2.05, 4.69) is 24.1 Å². The Kier molecular flexibility index (Phi) is 8.35. The van der Waals surface area contributed by atoms with Crippen LogP contribution in [0.3, 0.4) is 0 Å². The van der Waals surface area contributed by atoms with Crippen LogP contribution in [0.15, 0.2) is 89.1 Å². The van der Waals surface area contributed by atoms with Crippen LogP contribution in [-0.2, 0) is 10.8 Å². The molecule has 9 heteroatoms. The highest BCUT2D eigenvalue weighted by molar-refractivity contribution is 6.30. The number of phenolic OH excluding ortho intramolecular Hbond substituents is 1. The van der Waals surface area contributed by atoms with Gasteiger partial charge in [0.2, 0.25) is 0 Å². The van der Waals surface area contributed by atoms with Crippen LogP contribution in [0.5, 0.6) is 17.2 Å². The second-order valence-electron chi connectivity index (χ2n) is 10.7. The zero-order valence-corrected chi connectivity index (χ0v) is 24.6. The van der Waals surface area contributed by atoms with Crippen molar-refractivity contribution in [3.05, 3.63) is 116 Å². The molecule has 4 aromatic carbocycles. The van der Waals surface area contributed by atoms with E-state index in [0.29, 0.717) is 5.56 Å². The van der Waals surface area contributed by atoms with Gasteiger partial charge in [0.15, 0.2) is 5.69 Å². The normalized spacial score (nSPS) is 12.0. The highest BCUT2D eigenvalue weighted by Gasteiger charge is 2.32. The Morgan fingerprint density at radius 1 is 0.732 bits per heavy atom. The number of methoxy groups -OCH3 is 2. The van der Waals surface area contributed by atoms with Crippen molar-refractivity contribution < 1.29 is 19.5 Å². The first-order chi connectivity index (χ1) is 19.4. The molecule has 0 fully saturated rings. The van der Waals surface area contributed by atoms with Gasteiger partial charge in [-0.15, -0.1) is 10.2 Å². The number of hydrogen-bond acceptors (Lipinski definition) is 7. The number of hydrogen-bond donors (Lipinski definition) is 1. The molecule has 4 aromatic rings. The summed E-state index contributed by atoms with van der Waals surface area (Å²) in [6.45, 7) is 8.18. The van der Waals surface area contributed by atoms with Gasteiger partial charge in [0.1, 0.15) is 22.9 Å². The van der Waals surface area contributed by atoms with E-state index in [4.69, 9.17) is 21.1 Å². The molecular weight excluding hydrogens is 542 g/mol. The largest absolute Gasteiger partial charge is 0.505 e. The maximum Gasteiger partial charge on any atom is 0.296 e. The van der Waals surface area contributed by atoms with E-state index in [1.165, 1.54) is 18.2 Å². The smallest absolute Gasteiger partial charge is 0.296 e. The van der Waals surface area contributed by atoms with E-state index in [9.17, 15) is 15.2 Å². The molecule has 0 aliphatic heterocycles. The van der Waals surface area contributed by atoms with Gasteiger partial charge in [-0.3, -0.25) is 10.1 Å². The van der Waals surface area contributed by atoms with Gasteiger partial charge in [-0.25, -0.2) is 0 Å². The Bertz CT molecular complexity index is 1600. The molecule has 0 atom stereocenters. The molecule has 1 N–H and O–H groups in total. The van der Waals surface area contributed by atoms with Gasteiger partial charge in [0, 0.05) is 27.5 Å². The molecule has 0 saturated heterocycles. The molecule has 0 amide bonds. The Morgan fingerprint density at radius 3 is 1.76 bits per heavy atom. The van der Waals surface area contributed by atoms with E-state index in [1.807, 2.05) is 68.4 Å². The van der Waals surface area contributed by atoms with Crippen molar-refractivity contribution in [2.24, 2.45) is 10.2 Å². The number of azo groups is 1. The molecule has 0 saturated carbocycles. The lowest BCUT2D eigenvalue weighted by Crippen LogP contribution is -2.23. The van der Waals surface area contributed by atoms with Gasteiger partial charge in [-0.2, -0.15) is 0 Å². The Hall–Kier alpha value is -4.43. The molecule has 0 unspecified atom stereocenters. The third-order valence-electron chi connectivity index (χ3n) is 7.51. The van der Waals surface area contributed by atoms with Crippen molar-refractivity contribution in [1.82, 2.24) is 0 Å². The van der Waals surface area contributed by atoms with Gasteiger partial charge in [0.25, 0.3) is 5.69 Å². The lowest BCUT2D eigenvalue weighted by molar-refractivity contribution is -0.384. The highest BCUT2D eigenvalue weighted by atomic mass is 35.5. The Morgan fingerprint density at radius 2 is 1.24 bits per heavy atom. The van der Waals surface area contributed by atoms with Crippen LogP contribution in [0.1, 0.15) is 49.9 Å². The average molecular weight is 574 g/mol. The first-order valence-corrected chi connectivity index (χ1v) is 13.3. The molecule has 0 radical (unpaired) electrons. The summed E-state index contributed by atoms with van der Waals surface area (Å²) in [6, 6.07) is 23.2. The van der Waals surface area contributed by atoms with E-state index in [1.54, 1.807) is 20.3 Å². The highest BCUT2D eigenvalue weighted by Crippen LogP contribution is 2.46. The van der Waals surface area contributed by atoms with E-state index < -0.39 is 15.8 Å². The second kappa shape index (κ2) is 11.6. The molecule has 0 aliphatic rings. The topological polar surface area (TPSA) is 107 Å². The number of ether oxygens (including phenoxy) is 2. The van der Waals surface area contributed by atoms with E-state index >= 15 is 0 Å². The van der Waals surface area contributed by atoms with Gasteiger partial charge >= 0.3 is 0 Å². The van der Waals surface area contributed by atoms with Crippen molar-refractivity contribution in [2.75, 3.05) is 14.2 Å². The van der Waals surface area contributed by atoms with Crippen LogP contribution in [-0.4, -0.2) is 24.2 Å². The zero-order chi connectivity index (χ0) is 29.9. The van der Waals surface area contributed by atoms with Crippen molar-refractivity contribution in [2.45, 2.75) is 38.5 Å². The summed E-state index contributed by atoms with van der Waals surface area (Å²) in [4.78, 5) is 11.0. The SMILES string of the molecule is COc1ccc(C(C)(C)c2cc(N=Nc3cc(Cl)ccc3[N+](=O)[O-])c(O)c(C(C)(C)c3ccc(OC)cc3)c2)cc1. The Labute approximate surface area is 244 Å². The molecule has 8 nitrogen and oxygen atoms in total. The number of phenols is 1. The number of aromatic hydroxyl groups is 1. The summed E-state index contributed by atoms with van der Waals surface area (Å²) in [7, 11) is 3.23. The number of nitro groups is 1. The van der Waals surface area contributed by atoms with Gasteiger partial charge in [-0.1, -0.05) is 69.6 Å². The first-order valence-electron chi connectivity index (χ1n) is 12.9. The van der Waals surface area contributed by atoms with Crippen molar-refractivity contribution in [1.29, 1.82) is 0 Å². The van der Waals surface area contributed by atoms with Crippen LogP contribution in [0.25, 0.3) is 0 Å². The standard InChI is InChI=1S/C32H32ClN3O5/c1-31(2,20-7-12-24(40-5)13-8-20)22-17-26(32(3,4)21-9-14-25(41-6)15-10-21)30(37)28(18-22)35-34-27-19-23(33)11-16-29(27)36(38)39/h7-19,37H,1-6H3. The number of rotatable bonds is 9. The second-order valence-corrected chi connectivity index (χ2v) is 11.1. The van der Waals surface area contributed by atoms with Crippen molar-refractivity contribution in [3.8, 4) is 17.2 Å². The predicted octanol–water partition coefficient (Wildman–Crippen LogP) is 9.04. The molecular formula is C32H32ClN3O5. The van der Waals surface area contributed by atoms with Crippen LogP contribution in [0.2, 0.25) is 5.02 Å². The monoisotopic (exact) mass is 573 g/mol. The number of benzene rings is 4. The third kappa shape index (κ3) is 6.02. The third-order valence-corrected chi connectivity index (χ3v) is 7.74. The lowest BCUT2D eigenvalue weighted by Gasteiger charge is -2.32. The zero-order valence-electron chi connectivity index (χ0n) is 23.8. The molecule has 0 aliphatic carbocycles. The minimum atomic E-state index is -0.658. The van der Waals surface area contributed by atoms with Crippen LogP contribution >= 0.6 is 11.6 Å². The van der Waals surface area contributed by atoms with Gasteiger partial charge in [-0.05, 0) is 59.2 Å². The molecule has 0 aromatic heterocycles. The number of halogens is 1. The van der Waals surface area contributed by atoms with Gasteiger partial charge < -0.3 is 14.6 Å². The number of nitro benzene ring substituents is 1. The van der Waals surface area contributed by atoms with Crippen LogP contribution in [0.4, 0.5) is 17.1 Å². The number of nitrogens with zero attached hydrogens (tertiary/aromatic N) is 3. The van der Waals surface area contributed by atoms with Crippen LogP contribution in [0, 0.1) is 10.1 Å². The summed E-state index contributed by atoms with van der Waals surface area (Å²) in [6.07, 6.45) is 0. The summed E-state index contributed by atoms with van der Waals surface area (Å²) in [5, 5.41) is 31.9.